The van der Waals surface area contributed by atoms with Gasteiger partial charge in [0.05, 0.1) is 26.4 Å². The third kappa shape index (κ3) is 4.20. The number of rotatable bonds is 6. The van der Waals surface area contributed by atoms with Gasteiger partial charge in [-0.25, -0.2) is 0 Å². The van der Waals surface area contributed by atoms with Gasteiger partial charge >= 0.3 is 0 Å². The van der Waals surface area contributed by atoms with E-state index in [0.717, 1.165) is 0 Å². The smallest absolute Gasteiger partial charge is 0.187 e. The largest absolute Gasteiger partial charge is 0.394 e. The number of ether oxygens (including phenoxy) is 2. The second-order valence-corrected chi connectivity index (χ2v) is 4.21. The fourth-order valence-electron chi connectivity index (χ4n) is 1.69. The molecule has 0 unspecified atom stereocenters. The summed E-state index contributed by atoms with van der Waals surface area (Å²) in [5, 5.41) is 55.3. The number of hydrogen-bond acceptors (Lipinski definition) is 8. The molecular formula is C11H20O8. The summed E-state index contributed by atoms with van der Waals surface area (Å²) in [5.74, 6) is 0. The molecule has 0 aromatic rings. The van der Waals surface area contributed by atoms with E-state index in [4.69, 9.17) is 24.8 Å². The SMILES string of the molecule is OC/C=C(\CO)CO[C@@H]1O[C@H](CO)[C@@H](O)[C@@H](O)[C@H]1O. The first kappa shape index (κ1) is 16.5. The zero-order valence-corrected chi connectivity index (χ0v) is 10.3. The highest BCUT2D eigenvalue weighted by molar-refractivity contribution is 5.02. The Hall–Kier alpha value is -0.580. The third-order valence-electron chi connectivity index (χ3n) is 2.86. The van der Waals surface area contributed by atoms with Crippen LogP contribution in [0.25, 0.3) is 0 Å². The minimum absolute atomic E-state index is 0.125. The van der Waals surface area contributed by atoms with Gasteiger partial charge in [0.25, 0.3) is 0 Å². The van der Waals surface area contributed by atoms with E-state index in [0.29, 0.717) is 5.57 Å². The third-order valence-corrected chi connectivity index (χ3v) is 2.86. The van der Waals surface area contributed by atoms with Crippen LogP contribution in [0, 0.1) is 0 Å². The standard InChI is InChI=1S/C11H20O8/c12-2-1-6(3-13)5-18-11-10(17)9(16)8(15)7(4-14)19-11/h1,7-17H,2-5H2/b6-1+/t7-,8-,9-,10-,11-/m1/s1. The lowest BCUT2D eigenvalue weighted by Gasteiger charge is -2.39. The van der Waals surface area contributed by atoms with Crippen molar-refractivity contribution in [1.82, 2.24) is 0 Å². The van der Waals surface area contributed by atoms with Crippen LogP contribution in [-0.4, -0.2) is 87.8 Å². The first-order valence-electron chi connectivity index (χ1n) is 5.86. The molecule has 1 fully saturated rings. The Balaban J connectivity index is 2.59. The van der Waals surface area contributed by atoms with Gasteiger partial charge in [-0.2, -0.15) is 0 Å². The average molecular weight is 280 g/mol. The van der Waals surface area contributed by atoms with Crippen LogP contribution in [0.5, 0.6) is 0 Å². The van der Waals surface area contributed by atoms with Crippen LogP contribution in [0.4, 0.5) is 0 Å². The van der Waals surface area contributed by atoms with E-state index in [1.165, 1.54) is 6.08 Å². The van der Waals surface area contributed by atoms with Crippen LogP contribution in [0.3, 0.4) is 0 Å². The van der Waals surface area contributed by atoms with Gasteiger partial charge in [0.2, 0.25) is 0 Å². The topological polar surface area (TPSA) is 140 Å². The predicted molar refractivity (Wildman–Crippen MR) is 62.0 cm³/mol. The van der Waals surface area contributed by atoms with Crippen molar-refractivity contribution in [2.24, 2.45) is 0 Å². The predicted octanol–water partition coefficient (Wildman–Crippen LogP) is -3.29. The maximum atomic E-state index is 9.66. The van der Waals surface area contributed by atoms with Crippen molar-refractivity contribution in [1.29, 1.82) is 0 Å². The van der Waals surface area contributed by atoms with Crippen molar-refractivity contribution >= 4 is 0 Å². The summed E-state index contributed by atoms with van der Waals surface area (Å²) in [6.45, 7) is -1.27. The van der Waals surface area contributed by atoms with Crippen molar-refractivity contribution < 1.29 is 40.1 Å². The summed E-state index contributed by atoms with van der Waals surface area (Å²) >= 11 is 0. The number of aliphatic hydroxyl groups excluding tert-OH is 6. The zero-order chi connectivity index (χ0) is 14.4. The first-order valence-corrected chi connectivity index (χ1v) is 5.86. The van der Waals surface area contributed by atoms with Gasteiger partial charge in [-0.3, -0.25) is 0 Å². The van der Waals surface area contributed by atoms with Crippen LogP contribution < -0.4 is 0 Å². The summed E-state index contributed by atoms with van der Waals surface area (Å²) < 4.78 is 10.3. The maximum absolute atomic E-state index is 9.66. The van der Waals surface area contributed by atoms with Gasteiger partial charge in [0.15, 0.2) is 6.29 Å². The van der Waals surface area contributed by atoms with E-state index in [1.54, 1.807) is 0 Å². The molecule has 0 spiro atoms. The fourth-order valence-corrected chi connectivity index (χ4v) is 1.69. The van der Waals surface area contributed by atoms with Crippen LogP contribution in [-0.2, 0) is 9.47 Å². The average Bonchev–Trinajstić information content (AvgIpc) is 2.42. The lowest BCUT2D eigenvalue weighted by molar-refractivity contribution is -0.299. The van der Waals surface area contributed by atoms with Crippen molar-refractivity contribution in [2.45, 2.75) is 30.7 Å². The summed E-state index contributed by atoms with van der Waals surface area (Å²) in [6, 6.07) is 0. The monoisotopic (exact) mass is 280 g/mol. The Bertz CT molecular complexity index is 292. The summed E-state index contributed by atoms with van der Waals surface area (Å²) in [7, 11) is 0. The van der Waals surface area contributed by atoms with E-state index in [-0.39, 0.29) is 19.8 Å². The van der Waals surface area contributed by atoms with Gasteiger partial charge in [-0.15, -0.1) is 0 Å². The van der Waals surface area contributed by atoms with Crippen molar-refractivity contribution in [3.8, 4) is 0 Å². The van der Waals surface area contributed by atoms with Gasteiger partial charge in [0.1, 0.15) is 24.4 Å². The molecule has 19 heavy (non-hydrogen) atoms. The molecule has 0 aromatic heterocycles. The fraction of sp³-hybridized carbons (Fsp3) is 0.818. The zero-order valence-electron chi connectivity index (χ0n) is 10.3. The highest BCUT2D eigenvalue weighted by Crippen LogP contribution is 2.22. The Labute approximate surface area is 110 Å². The van der Waals surface area contributed by atoms with Gasteiger partial charge in [-0.1, -0.05) is 6.08 Å². The number of hydrogen-bond donors (Lipinski definition) is 6. The Morgan fingerprint density at radius 3 is 2.26 bits per heavy atom. The molecule has 5 atom stereocenters. The number of aliphatic hydroxyl groups is 6. The van der Waals surface area contributed by atoms with E-state index >= 15 is 0 Å². The summed E-state index contributed by atoms with van der Waals surface area (Å²) in [4.78, 5) is 0. The maximum Gasteiger partial charge on any atom is 0.187 e. The molecule has 0 aromatic carbocycles. The molecule has 1 aliphatic heterocycles. The van der Waals surface area contributed by atoms with Crippen LogP contribution >= 0.6 is 0 Å². The quantitative estimate of drug-likeness (QED) is 0.278. The molecule has 1 aliphatic rings. The van der Waals surface area contributed by atoms with Crippen LogP contribution in [0.1, 0.15) is 0 Å². The molecule has 0 bridgehead atoms. The van der Waals surface area contributed by atoms with Crippen molar-refractivity contribution in [3.05, 3.63) is 11.6 Å². The van der Waals surface area contributed by atoms with Crippen molar-refractivity contribution in [2.75, 3.05) is 26.4 Å². The second-order valence-electron chi connectivity index (χ2n) is 4.21. The molecule has 112 valence electrons. The molecule has 0 amide bonds. The molecular weight excluding hydrogens is 260 g/mol. The lowest BCUT2D eigenvalue weighted by Crippen LogP contribution is -2.59. The van der Waals surface area contributed by atoms with E-state index < -0.39 is 37.3 Å². The molecule has 8 heteroatoms. The van der Waals surface area contributed by atoms with E-state index in [9.17, 15) is 15.3 Å². The Morgan fingerprint density at radius 1 is 1.05 bits per heavy atom. The van der Waals surface area contributed by atoms with Gasteiger partial charge < -0.3 is 40.1 Å². The van der Waals surface area contributed by atoms with E-state index in [1.807, 2.05) is 0 Å². The minimum Gasteiger partial charge on any atom is -0.394 e. The van der Waals surface area contributed by atoms with Crippen LogP contribution in [0.15, 0.2) is 11.6 Å². The Kier molecular flexibility index (Phi) is 6.83. The molecule has 0 saturated carbocycles. The van der Waals surface area contributed by atoms with Crippen molar-refractivity contribution in [3.63, 3.8) is 0 Å². The van der Waals surface area contributed by atoms with Gasteiger partial charge in [-0.05, 0) is 5.57 Å². The highest BCUT2D eigenvalue weighted by atomic mass is 16.7. The highest BCUT2D eigenvalue weighted by Gasteiger charge is 2.43. The molecule has 8 nitrogen and oxygen atoms in total. The second kappa shape index (κ2) is 7.88. The van der Waals surface area contributed by atoms with E-state index in [2.05, 4.69) is 0 Å². The molecule has 1 heterocycles. The lowest BCUT2D eigenvalue weighted by atomic mass is 9.99. The molecule has 6 N–H and O–H groups in total. The Morgan fingerprint density at radius 2 is 1.74 bits per heavy atom. The van der Waals surface area contributed by atoms with Gasteiger partial charge in [0, 0.05) is 0 Å². The minimum atomic E-state index is -1.50. The van der Waals surface area contributed by atoms with Crippen LogP contribution in [0.2, 0.25) is 0 Å². The summed E-state index contributed by atoms with van der Waals surface area (Å²) in [6.07, 6.45) is -5.37. The molecule has 1 rings (SSSR count). The summed E-state index contributed by atoms with van der Waals surface area (Å²) in [5.41, 5.74) is 0.375. The molecule has 0 aliphatic carbocycles. The molecule has 0 radical (unpaired) electrons. The first-order chi connectivity index (χ1) is 9.04. The normalized spacial score (nSPS) is 36.5. The molecule has 1 saturated heterocycles.